The molecule has 0 atom stereocenters. The number of carbonyl (C=O) groups excluding carboxylic acids is 3. The molecule has 0 aromatic heterocycles. The van der Waals surface area contributed by atoms with Gasteiger partial charge in [-0.2, -0.15) is 0 Å². The molecule has 0 bridgehead atoms. The minimum atomic E-state index is -0.535. The molecule has 0 saturated carbocycles. The van der Waals surface area contributed by atoms with Gasteiger partial charge in [0.25, 0.3) is 5.91 Å². The molecule has 0 radical (unpaired) electrons. The third-order valence-corrected chi connectivity index (χ3v) is 4.60. The van der Waals surface area contributed by atoms with Crippen molar-refractivity contribution >= 4 is 46.6 Å². The van der Waals surface area contributed by atoms with E-state index in [9.17, 15) is 14.4 Å². The third kappa shape index (κ3) is 7.29. The lowest BCUT2D eigenvalue weighted by molar-refractivity contribution is -0.130. The van der Waals surface area contributed by atoms with Crippen LogP contribution in [0.15, 0.2) is 36.4 Å². The zero-order chi connectivity index (χ0) is 21.4. The van der Waals surface area contributed by atoms with Crippen LogP contribution in [-0.4, -0.2) is 24.3 Å². The molecule has 3 amide bonds. The van der Waals surface area contributed by atoms with Gasteiger partial charge in [-0.25, -0.2) is 0 Å². The first-order valence-corrected chi connectivity index (χ1v) is 9.53. The number of anilines is 1. The van der Waals surface area contributed by atoms with Crippen molar-refractivity contribution in [3.05, 3.63) is 57.6 Å². The number of amides is 3. The predicted molar refractivity (Wildman–Crippen MR) is 112 cm³/mol. The van der Waals surface area contributed by atoms with Crippen molar-refractivity contribution in [3.63, 3.8) is 0 Å². The average Bonchev–Trinajstić information content (AvgIpc) is 2.67. The van der Waals surface area contributed by atoms with Gasteiger partial charge in [0.2, 0.25) is 11.8 Å². The van der Waals surface area contributed by atoms with E-state index in [0.29, 0.717) is 21.5 Å². The van der Waals surface area contributed by atoms with Crippen LogP contribution in [0.2, 0.25) is 10.0 Å². The number of nitrogens with one attached hydrogen (secondary N) is 3. The highest BCUT2D eigenvalue weighted by Gasteiger charge is 2.11. The van der Waals surface area contributed by atoms with Gasteiger partial charge >= 0.3 is 0 Å². The Hall–Kier alpha value is -2.77. The summed E-state index contributed by atoms with van der Waals surface area (Å²) in [5, 5.41) is 3.81. The maximum absolute atomic E-state index is 12.0. The fourth-order valence-corrected chi connectivity index (χ4v) is 2.74. The standard InChI is InChI=1S/C20H21Cl2N3O4/c1-12-10-14(21)6-7-17(12)29-11-20(28)25-24-19(27)9-8-18(26)23-16-5-3-4-15(22)13(16)2/h3-7,10H,8-9,11H2,1-2H3,(H,23,26)(H,24,27)(H,25,28). The summed E-state index contributed by atoms with van der Waals surface area (Å²) >= 11 is 11.9. The van der Waals surface area contributed by atoms with Gasteiger partial charge < -0.3 is 10.1 Å². The maximum atomic E-state index is 12.0. The van der Waals surface area contributed by atoms with E-state index in [0.717, 1.165) is 11.1 Å². The Bertz CT molecular complexity index is 919. The van der Waals surface area contributed by atoms with E-state index in [1.807, 2.05) is 0 Å². The summed E-state index contributed by atoms with van der Waals surface area (Å²) in [5.74, 6) is -0.854. The van der Waals surface area contributed by atoms with Crippen LogP contribution in [0.25, 0.3) is 0 Å². The molecular formula is C20H21Cl2N3O4. The highest BCUT2D eigenvalue weighted by atomic mass is 35.5. The van der Waals surface area contributed by atoms with E-state index in [1.54, 1.807) is 50.2 Å². The maximum Gasteiger partial charge on any atom is 0.276 e. The van der Waals surface area contributed by atoms with E-state index >= 15 is 0 Å². The summed E-state index contributed by atoms with van der Waals surface area (Å²) in [7, 11) is 0. The minimum absolute atomic E-state index is 0.0475. The Kier molecular flexibility index (Phi) is 8.30. The summed E-state index contributed by atoms with van der Waals surface area (Å²) < 4.78 is 5.37. The zero-order valence-electron chi connectivity index (χ0n) is 16.0. The van der Waals surface area contributed by atoms with Crippen molar-refractivity contribution in [1.82, 2.24) is 10.9 Å². The predicted octanol–water partition coefficient (Wildman–Crippen LogP) is 3.56. The SMILES string of the molecule is Cc1cc(Cl)ccc1OCC(=O)NNC(=O)CCC(=O)Nc1cccc(Cl)c1C. The Morgan fingerprint density at radius 3 is 2.34 bits per heavy atom. The summed E-state index contributed by atoms with van der Waals surface area (Å²) in [6.45, 7) is 3.31. The van der Waals surface area contributed by atoms with Gasteiger partial charge in [-0.1, -0.05) is 29.3 Å². The summed E-state index contributed by atoms with van der Waals surface area (Å²) in [4.78, 5) is 35.6. The molecule has 3 N–H and O–H groups in total. The number of rotatable bonds is 7. The van der Waals surface area contributed by atoms with E-state index in [4.69, 9.17) is 27.9 Å². The molecule has 0 fully saturated rings. The molecule has 7 nitrogen and oxygen atoms in total. The normalized spacial score (nSPS) is 10.2. The lowest BCUT2D eigenvalue weighted by Crippen LogP contribution is -2.44. The second-order valence-electron chi connectivity index (χ2n) is 6.26. The van der Waals surface area contributed by atoms with Gasteiger partial charge in [0, 0.05) is 28.6 Å². The molecule has 29 heavy (non-hydrogen) atoms. The lowest BCUT2D eigenvalue weighted by atomic mass is 10.2. The largest absolute Gasteiger partial charge is 0.483 e. The van der Waals surface area contributed by atoms with Crippen LogP contribution in [0.5, 0.6) is 5.75 Å². The van der Waals surface area contributed by atoms with Crippen molar-refractivity contribution < 1.29 is 19.1 Å². The van der Waals surface area contributed by atoms with E-state index < -0.39 is 11.8 Å². The van der Waals surface area contributed by atoms with Gasteiger partial charge in [0.05, 0.1) is 0 Å². The molecule has 9 heteroatoms. The molecular weight excluding hydrogens is 417 g/mol. The Balaban J connectivity index is 1.69. The molecule has 2 rings (SSSR count). The van der Waals surface area contributed by atoms with Crippen molar-refractivity contribution in [3.8, 4) is 5.75 Å². The summed E-state index contributed by atoms with van der Waals surface area (Å²) in [6, 6.07) is 10.2. The Labute approximate surface area is 178 Å². The Morgan fingerprint density at radius 2 is 1.62 bits per heavy atom. The number of hydrogen-bond acceptors (Lipinski definition) is 4. The third-order valence-electron chi connectivity index (χ3n) is 3.96. The number of hydrogen-bond donors (Lipinski definition) is 3. The quantitative estimate of drug-likeness (QED) is 0.576. The lowest BCUT2D eigenvalue weighted by Gasteiger charge is -2.11. The molecule has 0 aliphatic heterocycles. The van der Waals surface area contributed by atoms with Crippen LogP contribution in [0.1, 0.15) is 24.0 Å². The molecule has 2 aromatic carbocycles. The summed E-state index contributed by atoms with van der Waals surface area (Å²) in [6.07, 6.45) is -0.142. The monoisotopic (exact) mass is 437 g/mol. The molecule has 0 aliphatic rings. The molecule has 0 unspecified atom stereocenters. The molecule has 0 saturated heterocycles. The van der Waals surface area contributed by atoms with Crippen molar-refractivity contribution in [2.24, 2.45) is 0 Å². The zero-order valence-corrected chi connectivity index (χ0v) is 17.5. The number of ether oxygens (including phenoxy) is 1. The van der Waals surface area contributed by atoms with Gasteiger partial charge in [-0.05, 0) is 55.3 Å². The first-order chi connectivity index (χ1) is 13.8. The second kappa shape index (κ2) is 10.7. The van der Waals surface area contributed by atoms with E-state index in [1.165, 1.54) is 0 Å². The average molecular weight is 438 g/mol. The first kappa shape index (κ1) is 22.5. The molecule has 154 valence electrons. The van der Waals surface area contributed by atoms with E-state index in [2.05, 4.69) is 16.2 Å². The first-order valence-electron chi connectivity index (χ1n) is 8.78. The number of halogens is 2. The second-order valence-corrected chi connectivity index (χ2v) is 7.10. The van der Waals surface area contributed by atoms with Crippen LogP contribution >= 0.6 is 23.2 Å². The van der Waals surface area contributed by atoms with Gasteiger partial charge in [-0.15, -0.1) is 0 Å². The van der Waals surface area contributed by atoms with Crippen LogP contribution in [0.4, 0.5) is 5.69 Å². The van der Waals surface area contributed by atoms with Crippen molar-refractivity contribution in [1.29, 1.82) is 0 Å². The Morgan fingerprint density at radius 1 is 0.931 bits per heavy atom. The minimum Gasteiger partial charge on any atom is -0.483 e. The molecule has 0 heterocycles. The fraction of sp³-hybridized carbons (Fsp3) is 0.250. The number of carbonyl (C=O) groups is 3. The highest BCUT2D eigenvalue weighted by Crippen LogP contribution is 2.23. The van der Waals surface area contributed by atoms with E-state index in [-0.39, 0.29) is 25.4 Å². The molecule has 0 spiro atoms. The topological polar surface area (TPSA) is 96.5 Å². The van der Waals surface area contributed by atoms with Crippen LogP contribution < -0.4 is 20.9 Å². The molecule has 0 aliphatic carbocycles. The van der Waals surface area contributed by atoms with Gasteiger partial charge in [-0.3, -0.25) is 25.2 Å². The fourth-order valence-electron chi connectivity index (χ4n) is 2.34. The van der Waals surface area contributed by atoms with Gasteiger partial charge in [0.1, 0.15) is 5.75 Å². The summed E-state index contributed by atoms with van der Waals surface area (Å²) in [5.41, 5.74) is 6.60. The number of aryl methyl sites for hydroxylation is 1. The smallest absolute Gasteiger partial charge is 0.276 e. The van der Waals surface area contributed by atoms with Gasteiger partial charge in [0.15, 0.2) is 6.61 Å². The van der Waals surface area contributed by atoms with Crippen LogP contribution in [0.3, 0.4) is 0 Å². The molecule has 2 aromatic rings. The van der Waals surface area contributed by atoms with Crippen molar-refractivity contribution in [2.75, 3.05) is 11.9 Å². The van der Waals surface area contributed by atoms with Crippen LogP contribution in [-0.2, 0) is 14.4 Å². The van der Waals surface area contributed by atoms with Crippen LogP contribution in [0, 0.1) is 13.8 Å². The van der Waals surface area contributed by atoms with Crippen molar-refractivity contribution in [2.45, 2.75) is 26.7 Å². The number of hydrazine groups is 1. The number of benzene rings is 2. The highest BCUT2D eigenvalue weighted by molar-refractivity contribution is 6.31.